The van der Waals surface area contributed by atoms with E-state index in [2.05, 4.69) is 11.2 Å². The van der Waals surface area contributed by atoms with E-state index in [0.717, 1.165) is 16.9 Å². The lowest BCUT2D eigenvalue weighted by Gasteiger charge is -2.22. The van der Waals surface area contributed by atoms with E-state index in [1.807, 2.05) is 69.3 Å². The van der Waals surface area contributed by atoms with Gasteiger partial charge in [-0.2, -0.15) is 0 Å². The summed E-state index contributed by atoms with van der Waals surface area (Å²) in [5.41, 5.74) is 3.17. The van der Waals surface area contributed by atoms with Gasteiger partial charge in [-0.25, -0.2) is 4.79 Å². The minimum atomic E-state index is -0.192. The van der Waals surface area contributed by atoms with Gasteiger partial charge in [0.15, 0.2) is 0 Å². The zero-order chi connectivity index (χ0) is 18.9. The molecule has 26 heavy (non-hydrogen) atoms. The molecule has 0 radical (unpaired) electrons. The number of rotatable bonds is 7. The average Bonchev–Trinajstić information content (AvgIpc) is 2.61. The van der Waals surface area contributed by atoms with Gasteiger partial charge in [0, 0.05) is 18.7 Å². The van der Waals surface area contributed by atoms with Crippen LogP contribution in [0.5, 0.6) is 5.75 Å². The smallest absolute Gasteiger partial charge is 0.318 e. The molecule has 2 rings (SSSR count). The van der Waals surface area contributed by atoms with Crippen molar-refractivity contribution in [3.63, 3.8) is 0 Å². The largest absolute Gasteiger partial charge is 0.491 e. The van der Waals surface area contributed by atoms with Crippen molar-refractivity contribution < 1.29 is 9.53 Å². The lowest BCUT2D eigenvalue weighted by atomic mass is 10.1. The summed E-state index contributed by atoms with van der Waals surface area (Å²) in [6.45, 7) is 7.10. The minimum absolute atomic E-state index is 0.0753. The highest BCUT2D eigenvalue weighted by Crippen LogP contribution is 2.19. The molecule has 0 fully saturated rings. The number of urea groups is 1. The number of carbonyl (C=O) groups excluding carboxylic acids is 1. The van der Waals surface area contributed by atoms with Crippen LogP contribution in [0.1, 0.15) is 30.5 Å². The molecule has 0 aliphatic carbocycles. The molecule has 136 valence electrons. The quantitative estimate of drug-likeness (QED) is 0.763. The summed E-state index contributed by atoms with van der Waals surface area (Å²) >= 11 is 0. The Bertz CT molecular complexity index is 760. The molecule has 2 amide bonds. The van der Waals surface area contributed by atoms with E-state index in [-0.39, 0.29) is 18.7 Å². The van der Waals surface area contributed by atoms with E-state index in [1.165, 1.54) is 5.56 Å². The third-order valence-electron chi connectivity index (χ3n) is 3.83. The molecule has 0 aliphatic rings. The van der Waals surface area contributed by atoms with Crippen LogP contribution in [0.2, 0.25) is 0 Å². The van der Waals surface area contributed by atoms with E-state index < -0.39 is 0 Å². The predicted molar refractivity (Wildman–Crippen MR) is 105 cm³/mol. The maximum Gasteiger partial charge on any atom is 0.318 e. The van der Waals surface area contributed by atoms with Gasteiger partial charge in [0.25, 0.3) is 0 Å². The Balaban J connectivity index is 2.02. The van der Waals surface area contributed by atoms with Crippen LogP contribution < -0.4 is 10.1 Å². The maximum absolute atomic E-state index is 12.6. The summed E-state index contributed by atoms with van der Waals surface area (Å²) in [6.07, 6.45) is 5.51. The third-order valence-corrected chi connectivity index (χ3v) is 3.83. The Kier molecular flexibility index (Phi) is 7.11. The molecule has 0 bridgehead atoms. The highest BCUT2D eigenvalue weighted by Gasteiger charge is 2.14. The SMILES string of the molecule is C#CCN(Cc1ccc(C)cc1)C(=O)NCc1ccccc1OC(C)C. The number of nitrogens with one attached hydrogen (secondary N) is 1. The molecule has 0 heterocycles. The number of benzene rings is 2. The van der Waals surface area contributed by atoms with Crippen LogP contribution >= 0.6 is 0 Å². The van der Waals surface area contributed by atoms with Crippen molar-refractivity contribution in [1.29, 1.82) is 0 Å². The molecule has 1 N–H and O–H groups in total. The summed E-state index contributed by atoms with van der Waals surface area (Å²) in [7, 11) is 0. The summed E-state index contributed by atoms with van der Waals surface area (Å²) in [5, 5.41) is 2.94. The topological polar surface area (TPSA) is 41.6 Å². The fourth-order valence-electron chi connectivity index (χ4n) is 2.52. The number of nitrogens with zero attached hydrogens (tertiary/aromatic N) is 1. The summed E-state index contributed by atoms with van der Waals surface area (Å²) < 4.78 is 5.80. The van der Waals surface area contributed by atoms with Crippen LogP contribution in [-0.4, -0.2) is 23.6 Å². The number of terminal acetylenes is 1. The zero-order valence-electron chi connectivity index (χ0n) is 15.7. The highest BCUT2D eigenvalue weighted by molar-refractivity contribution is 5.74. The van der Waals surface area contributed by atoms with Crippen LogP contribution in [0.15, 0.2) is 48.5 Å². The van der Waals surface area contributed by atoms with Crippen molar-refractivity contribution in [3.8, 4) is 18.1 Å². The Morgan fingerprint density at radius 3 is 2.54 bits per heavy atom. The number of ether oxygens (including phenoxy) is 1. The number of aryl methyl sites for hydroxylation is 1. The van der Waals surface area contributed by atoms with E-state index >= 15 is 0 Å². The number of carbonyl (C=O) groups is 1. The van der Waals surface area contributed by atoms with Gasteiger partial charge >= 0.3 is 6.03 Å². The number of para-hydroxylation sites is 1. The van der Waals surface area contributed by atoms with Gasteiger partial charge in [0.2, 0.25) is 0 Å². The van der Waals surface area contributed by atoms with Crippen molar-refractivity contribution in [2.24, 2.45) is 0 Å². The average molecular weight is 350 g/mol. The monoisotopic (exact) mass is 350 g/mol. The summed E-state index contributed by atoms with van der Waals surface area (Å²) in [6, 6.07) is 15.6. The van der Waals surface area contributed by atoms with Crippen LogP contribution in [0.25, 0.3) is 0 Å². The van der Waals surface area contributed by atoms with Gasteiger partial charge in [0.1, 0.15) is 5.75 Å². The second-order valence-electron chi connectivity index (χ2n) is 6.48. The Morgan fingerprint density at radius 2 is 1.88 bits per heavy atom. The van der Waals surface area contributed by atoms with Gasteiger partial charge in [0.05, 0.1) is 12.6 Å². The Morgan fingerprint density at radius 1 is 1.19 bits per heavy atom. The molecule has 0 saturated carbocycles. The fraction of sp³-hybridized carbons (Fsp3) is 0.318. The summed E-state index contributed by atoms with van der Waals surface area (Å²) in [5.74, 6) is 3.34. The molecule has 2 aromatic rings. The van der Waals surface area contributed by atoms with Crippen molar-refractivity contribution in [3.05, 3.63) is 65.2 Å². The molecular formula is C22H26N2O2. The van der Waals surface area contributed by atoms with Gasteiger partial charge in [-0.3, -0.25) is 0 Å². The lowest BCUT2D eigenvalue weighted by Crippen LogP contribution is -2.39. The first kappa shape index (κ1) is 19.4. The molecule has 0 aromatic heterocycles. The molecule has 0 atom stereocenters. The Hall–Kier alpha value is -2.93. The Labute approximate surface area is 156 Å². The van der Waals surface area contributed by atoms with Gasteiger partial charge in [-0.1, -0.05) is 53.9 Å². The molecule has 4 heteroatoms. The maximum atomic E-state index is 12.6. The van der Waals surface area contributed by atoms with Gasteiger partial charge < -0.3 is 15.0 Å². The van der Waals surface area contributed by atoms with Crippen molar-refractivity contribution >= 4 is 6.03 Å². The van der Waals surface area contributed by atoms with Crippen LogP contribution in [0.3, 0.4) is 0 Å². The third kappa shape index (κ3) is 5.86. The van der Waals surface area contributed by atoms with Crippen LogP contribution in [0, 0.1) is 19.3 Å². The molecule has 2 aromatic carbocycles. The molecule has 0 saturated heterocycles. The number of hydrogen-bond acceptors (Lipinski definition) is 2. The molecule has 0 unspecified atom stereocenters. The zero-order valence-corrected chi connectivity index (χ0v) is 15.7. The number of hydrogen-bond donors (Lipinski definition) is 1. The van der Waals surface area contributed by atoms with E-state index in [0.29, 0.717) is 13.1 Å². The lowest BCUT2D eigenvalue weighted by molar-refractivity contribution is 0.201. The van der Waals surface area contributed by atoms with Crippen molar-refractivity contribution in [2.45, 2.75) is 40.0 Å². The first-order chi connectivity index (χ1) is 12.5. The predicted octanol–water partition coefficient (Wildman–Crippen LogP) is 4.13. The first-order valence-corrected chi connectivity index (χ1v) is 8.76. The first-order valence-electron chi connectivity index (χ1n) is 8.76. The second-order valence-corrected chi connectivity index (χ2v) is 6.48. The highest BCUT2D eigenvalue weighted by atomic mass is 16.5. The van der Waals surface area contributed by atoms with Gasteiger partial charge in [-0.15, -0.1) is 6.42 Å². The molecule has 0 aliphatic heterocycles. The van der Waals surface area contributed by atoms with Crippen LogP contribution in [-0.2, 0) is 13.1 Å². The molecule has 4 nitrogen and oxygen atoms in total. The van der Waals surface area contributed by atoms with Crippen molar-refractivity contribution in [1.82, 2.24) is 10.2 Å². The minimum Gasteiger partial charge on any atom is -0.491 e. The molecular weight excluding hydrogens is 324 g/mol. The van der Waals surface area contributed by atoms with Crippen LogP contribution in [0.4, 0.5) is 4.79 Å². The second kappa shape index (κ2) is 9.53. The van der Waals surface area contributed by atoms with Crippen molar-refractivity contribution in [2.75, 3.05) is 6.54 Å². The number of amides is 2. The van der Waals surface area contributed by atoms with E-state index in [9.17, 15) is 4.79 Å². The molecule has 0 spiro atoms. The van der Waals surface area contributed by atoms with E-state index in [4.69, 9.17) is 11.2 Å². The normalized spacial score (nSPS) is 10.3. The van der Waals surface area contributed by atoms with Gasteiger partial charge in [-0.05, 0) is 32.4 Å². The fourth-order valence-corrected chi connectivity index (χ4v) is 2.52. The summed E-state index contributed by atoms with van der Waals surface area (Å²) in [4.78, 5) is 14.2. The standard InChI is InChI=1S/C22H26N2O2/c1-5-14-24(16-19-12-10-18(4)11-13-19)22(25)23-15-20-8-6-7-9-21(20)26-17(2)3/h1,6-13,17H,14-16H2,2-4H3,(H,23,25). The van der Waals surface area contributed by atoms with E-state index in [1.54, 1.807) is 4.90 Å².